The van der Waals surface area contributed by atoms with Gasteiger partial charge < -0.3 is 4.90 Å². The van der Waals surface area contributed by atoms with Gasteiger partial charge in [-0.1, -0.05) is 24.3 Å². The van der Waals surface area contributed by atoms with Gasteiger partial charge in [0.15, 0.2) is 5.78 Å². The van der Waals surface area contributed by atoms with Crippen LogP contribution in [0.5, 0.6) is 0 Å². The average Bonchev–Trinajstić information content (AvgIpc) is 2.38. The standard InChI is InChI=1S/C15H17NO2/c1-4-9-16(10-5-2)15(18)14-8-6-7-13(11-14)12(3)17/h4-8,11H,1-2,9-10H2,3H3. The zero-order valence-electron chi connectivity index (χ0n) is 10.6. The molecule has 3 nitrogen and oxygen atoms in total. The second kappa shape index (κ2) is 6.55. The van der Waals surface area contributed by atoms with Crippen molar-refractivity contribution in [2.24, 2.45) is 0 Å². The minimum Gasteiger partial charge on any atom is -0.331 e. The monoisotopic (exact) mass is 243 g/mol. The van der Waals surface area contributed by atoms with Crippen molar-refractivity contribution >= 4 is 11.7 Å². The van der Waals surface area contributed by atoms with E-state index in [2.05, 4.69) is 13.2 Å². The highest BCUT2D eigenvalue weighted by molar-refractivity contribution is 5.99. The minimum absolute atomic E-state index is 0.0522. The van der Waals surface area contributed by atoms with Gasteiger partial charge in [0.2, 0.25) is 0 Å². The maximum atomic E-state index is 12.2. The molecule has 0 aromatic heterocycles. The van der Waals surface area contributed by atoms with Crippen molar-refractivity contribution in [1.29, 1.82) is 0 Å². The molecule has 0 unspecified atom stereocenters. The van der Waals surface area contributed by atoms with Crippen molar-refractivity contribution < 1.29 is 9.59 Å². The molecule has 0 N–H and O–H groups in total. The van der Waals surface area contributed by atoms with E-state index in [1.54, 1.807) is 41.3 Å². The second-order valence-corrected chi connectivity index (χ2v) is 3.92. The summed E-state index contributed by atoms with van der Waals surface area (Å²) in [6, 6.07) is 6.73. The van der Waals surface area contributed by atoms with Gasteiger partial charge in [0.25, 0.3) is 5.91 Å². The third-order valence-electron chi connectivity index (χ3n) is 2.50. The van der Waals surface area contributed by atoms with Gasteiger partial charge in [-0.3, -0.25) is 9.59 Å². The summed E-state index contributed by atoms with van der Waals surface area (Å²) in [6.07, 6.45) is 3.33. The molecule has 1 amide bonds. The first kappa shape index (κ1) is 13.9. The van der Waals surface area contributed by atoms with Crippen LogP contribution in [0.4, 0.5) is 0 Å². The molecular formula is C15H17NO2. The smallest absolute Gasteiger partial charge is 0.254 e. The second-order valence-electron chi connectivity index (χ2n) is 3.92. The summed E-state index contributed by atoms with van der Waals surface area (Å²) in [5, 5.41) is 0. The molecule has 1 aromatic carbocycles. The Bertz CT molecular complexity index is 467. The summed E-state index contributed by atoms with van der Waals surface area (Å²) in [4.78, 5) is 25.1. The lowest BCUT2D eigenvalue weighted by Gasteiger charge is -2.19. The summed E-state index contributed by atoms with van der Waals surface area (Å²) in [5.74, 6) is -0.179. The number of hydrogen-bond acceptors (Lipinski definition) is 2. The van der Waals surface area contributed by atoms with Crippen LogP contribution in [-0.4, -0.2) is 29.7 Å². The van der Waals surface area contributed by atoms with Gasteiger partial charge in [-0.2, -0.15) is 0 Å². The molecule has 3 heteroatoms. The Morgan fingerprint density at radius 3 is 2.22 bits per heavy atom. The van der Waals surface area contributed by atoms with E-state index in [9.17, 15) is 9.59 Å². The quantitative estimate of drug-likeness (QED) is 0.569. The maximum Gasteiger partial charge on any atom is 0.254 e. The van der Waals surface area contributed by atoms with Gasteiger partial charge in [0, 0.05) is 24.2 Å². The predicted molar refractivity (Wildman–Crippen MR) is 72.7 cm³/mol. The van der Waals surface area contributed by atoms with E-state index in [4.69, 9.17) is 0 Å². The number of amides is 1. The van der Waals surface area contributed by atoms with E-state index in [-0.39, 0.29) is 11.7 Å². The van der Waals surface area contributed by atoms with E-state index >= 15 is 0 Å². The Balaban J connectivity index is 3.00. The van der Waals surface area contributed by atoms with Crippen LogP contribution >= 0.6 is 0 Å². The molecule has 0 saturated carbocycles. The van der Waals surface area contributed by atoms with E-state index in [1.165, 1.54) is 6.92 Å². The fourth-order valence-electron chi connectivity index (χ4n) is 1.61. The number of ketones is 1. The first-order valence-corrected chi connectivity index (χ1v) is 5.72. The number of Topliss-reactive ketones (excluding diaryl/α,β-unsaturated/α-hetero) is 1. The Labute approximate surface area is 107 Å². The molecule has 0 fully saturated rings. The molecule has 1 rings (SSSR count). The molecule has 0 atom stereocenters. The van der Waals surface area contributed by atoms with E-state index in [0.717, 1.165) is 0 Å². The molecule has 0 aliphatic carbocycles. The van der Waals surface area contributed by atoms with E-state index in [0.29, 0.717) is 24.2 Å². The molecule has 1 aromatic rings. The Kier molecular flexibility index (Phi) is 5.06. The highest BCUT2D eigenvalue weighted by Crippen LogP contribution is 2.09. The molecule has 0 heterocycles. The first-order chi connectivity index (χ1) is 8.60. The predicted octanol–water partition coefficient (Wildman–Crippen LogP) is 2.70. The molecule has 0 aliphatic heterocycles. The molecule has 0 aliphatic rings. The first-order valence-electron chi connectivity index (χ1n) is 5.72. The van der Waals surface area contributed by atoms with Crippen LogP contribution in [-0.2, 0) is 0 Å². The fraction of sp³-hybridized carbons (Fsp3) is 0.200. The molecule has 0 radical (unpaired) electrons. The lowest BCUT2D eigenvalue weighted by molar-refractivity contribution is 0.0791. The number of rotatable bonds is 6. The molecule has 94 valence electrons. The largest absolute Gasteiger partial charge is 0.331 e. The molecule has 18 heavy (non-hydrogen) atoms. The van der Waals surface area contributed by atoms with Gasteiger partial charge in [0.1, 0.15) is 0 Å². The number of hydrogen-bond donors (Lipinski definition) is 0. The molecule has 0 bridgehead atoms. The summed E-state index contributed by atoms with van der Waals surface area (Å²) in [5.41, 5.74) is 1.05. The van der Waals surface area contributed by atoms with Gasteiger partial charge in [0.05, 0.1) is 0 Å². The zero-order valence-corrected chi connectivity index (χ0v) is 10.6. The van der Waals surface area contributed by atoms with Crippen LogP contribution in [0.1, 0.15) is 27.6 Å². The van der Waals surface area contributed by atoms with Crippen molar-refractivity contribution in [3.8, 4) is 0 Å². The number of carbonyl (C=O) groups excluding carboxylic acids is 2. The van der Waals surface area contributed by atoms with Gasteiger partial charge in [-0.15, -0.1) is 13.2 Å². The van der Waals surface area contributed by atoms with Crippen LogP contribution in [0, 0.1) is 0 Å². The number of carbonyl (C=O) groups is 2. The van der Waals surface area contributed by atoms with Crippen LogP contribution in [0.25, 0.3) is 0 Å². The minimum atomic E-state index is -0.127. The average molecular weight is 243 g/mol. The number of benzene rings is 1. The van der Waals surface area contributed by atoms with Crippen molar-refractivity contribution in [1.82, 2.24) is 4.90 Å². The Morgan fingerprint density at radius 1 is 1.17 bits per heavy atom. The maximum absolute atomic E-state index is 12.2. The summed E-state index contributed by atoms with van der Waals surface area (Å²) < 4.78 is 0. The highest BCUT2D eigenvalue weighted by Gasteiger charge is 2.14. The SMILES string of the molecule is C=CCN(CC=C)C(=O)c1cccc(C(C)=O)c1. The molecule has 0 spiro atoms. The fourth-order valence-corrected chi connectivity index (χ4v) is 1.61. The Morgan fingerprint density at radius 2 is 1.72 bits per heavy atom. The molecular weight excluding hydrogens is 226 g/mol. The lowest BCUT2D eigenvalue weighted by Crippen LogP contribution is -2.31. The van der Waals surface area contributed by atoms with Gasteiger partial charge >= 0.3 is 0 Å². The topological polar surface area (TPSA) is 37.4 Å². The Hall–Kier alpha value is -2.16. The van der Waals surface area contributed by atoms with Gasteiger partial charge in [-0.25, -0.2) is 0 Å². The van der Waals surface area contributed by atoms with Crippen LogP contribution < -0.4 is 0 Å². The van der Waals surface area contributed by atoms with E-state index in [1.807, 2.05) is 0 Å². The van der Waals surface area contributed by atoms with Crippen molar-refractivity contribution in [2.45, 2.75) is 6.92 Å². The zero-order chi connectivity index (χ0) is 13.5. The normalized spacial score (nSPS) is 9.61. The third kappa shape index (κ3) is 3.42. The van der Waals surface area contributed by atoms with Crippen LogP contribution in [0.2, 0.25) is 0 Å². The summed E-state index contributed by atoms with van der Waals surface area (Å²) in [7, 11) is 0. The van der Waals surface area contributed by atoms with Gasteiger partial charge in [-0.05, 0) is 19.1 Å². The van der Waals surface area contributed by atoms with Crippen molar-refractivity contribution in [3.05, 3.63) is 60.7 Å². The highest BCUT2D eigenvalue weighted by atomic mass is 16.2. The van der Waals surface area contributed by atoms with Crippen molar-refractivity contribution in [3.63, 3.8) is 0 Å². The summed E-state index contributed by atoms with van der Waals surface area (Å²) in [6.45, 7) is 9.63. The summed E-state index contributed by atoms with van der Waals surface area (Å²) >= 11 is 0. The lowest BCUT2D eigenvalue weighted by atomic mass is 10.1. The third-order valence-corrected chi connectivity index (χ3v) is 2.50. The van der Waals surface area contributed by atoms with Crippen LogP contribution in [0.15, 0.2) is 49.6 Å². The number of nitrogens with zero attached hydrogens (tertiary/aromatic N) is 1. The van der Waals surface area contributed by atoms with Crippen LogP contribution in [0.3, 0.4) is 0 Å². The van der Waals surface area contributed by atoms with E-state index < -0.39 is 0 Å². The van der Waals surface area contributed by atoms with Crippen molar-refractivity contribution in [2.75, 3.05) is 13.1 Å². The molecule has 0 saturated heterocycles.